The van der Waals surface area contributed by atoms with Crippen LogP contribution in [0.15, 0.2) is 12.7 Å². The third-order valence-corrected chi connectivity index (χ3v) is 0.355. The molecule has 0 unspecified atom stereocenters. The van der Waals surface area contributed by atoms with Crippen molar-refractivity contribution in [3.63, 3.8) is 0 Å². The molecule has 48 valence electrons. The summed E-state index contributed by atoms with van der Waals surface area (Å²) in [7, 11) is 0. The van der Waals surface area contributed by atoms with Gasteiger partial charge >= 0.3 is 49.9 Å². The Kier molecular flexibility index (Phi) is 7.89. The molecule has 0 amide bonds. The minimum absolute atomic E-state index is 0. The van der Waals surface area contributed by atoms with Crippen LogP contribution < -0.4 is 0 Å². The summed E-state index contributed by atoms with van der Waals surface area (Å²) in [5.41, 5.74) is 0. The van der Waals surface area contributed by atoms with Crippen LogP contribution in [0.1, 0.15) is 2.85 Å². The van der Waals surface area contributed by atoms with Gasteiger partial charge < -0.3 is 12.7 Å². The average molecular weight is 158 g/mol. The molecule has 0 atom stereocenters. The molecule has 0 aromatic rings. The molecule has 0 saturated heterocycles. The van der Waals surface area contributed by atoms with E-state index in [1.54, 1.807) is 0 Å². The number of carbonyl (C=O) groups excluding carboxylic acids is 1. The Labute approximate surface area is 84.5 Å². The van der Waals surface area contributed by atoms with Crippen molar-refractivity contribution in [2.24, 2.45) is 0 Å². The maximum Gasteiger partial charge on any atom is 2.00 e. The molecule has 0 fully saturated rings. The molecule has 0 saturated carbocycles. The minimum atomic E-state index is -1.62. The predicted molar refractivity (Wildman–Crippen MR) is 32.3 cm³/mol. The molecule has 0 spiro atoms. The van der Waals surface area contributed by atoms with Crippen LogP contribution in [0.5, 0.6) is 0 Å². The number of ether oxygens (including phenoxy) is 1. The van der Waals surface area contributed by atoms with E-state index in [1.807, 2.05) is 0 Å². The van der Waals surface area contributed by atoms with Crippen molar-refractivity contribution in [3.05, 3.63) is 12.7 Å². The monoisotopic (exact) mass is 158 g/mol. The normalized spacial score (nSPS) is 6.67. The number of rotatable bonds is 1. The molecule has 4 nitrogen and oxygen atoms in total. The number of hydrogen-bond donors (Lipinski definition) is 1. The Bertz CT molecular complexity index is 138. The van der Waals surface area contributed by atoms with Crippen LogP contribution in [0.4, 0.5) is 4.79 Å². The third-order valence-electron chi connectivity index (χ3n) is 0.355. The van der Waals surface area contributed by atoms with E-state index >= 15 is 0 Å². The van der Waals surface area contributed by atoms with Gasteiger partial charge in [-0.05, 0) is 0 Å². The number of carbonyl (C=O) groups is 2. The Morgan fingerprint density at radius 2 is 2.11 bits per heavy atom. The van der Waals surface area contributed by atoms with Gasteiger partial charge in [-0.25, -0.2) is 9.59 Å². The van der Waals surface area contributed by atoms with Gasteiger partial charge in [-0.3, -0.25) is 0 Å². The smallest absolute Gasteiger partial charge is 1.00 e. The first-order chi connectivity index (χ1) is 3.66. The molecular formula is C4H6CaO4. The van der Waals surface area contributed by atoms with E-state index in [1.165, 1.54) is 0 Å². The van der Waals surface area contributed by atoms with Crippen LogP contribution in [-0.2, 0) is 9.53 Å². The molecule has 0 heterocycles. The van der Waals surface area contributed by atoms with Crippen molar-refractivity contribution in [1.82, 2.24) is 0 Å². The molecule has 0 aliphatic rings. The van der Waals surface area contributed by atoms with Crippen molar-refractivity contribution in [3.8, 4) is 0 Å². The van der Waals surface area contributed by atoms with Gasteiger partial charge in [0.15, 0.2) is 0 Å². The van der Waals surface area contributed by atoms with Crippen LogP contribution >= 0.6 is 0 Å². The summed E-state index contributed by atoms with van der Waals surface area (Å²) in [6, 6.07) is 0. The molecule has 0 rings (SSSR count). The van der Waals surface area contributed by atoms with Gasteiger partial charge in [0.05, 0.1) is 0 Å². The fourth-order valence-electron chi connectivity index (χ4n) is 0.128. The van der Waals surface area contributed by atoms with E-state index in [0.717, 1.165) is 6.08 Å². The molecule has 0 aliphatic heterocycles. The molecule has 0 aliphatic carbocycles. The summed E-state index contributed by atoms with van der Waals surface area (Å²) in [4.78, 5) is 19.4. The zero-order valence-corrected chi connectivity index (χ0v) is 6.87. The summed E-state index contributed by atoms with van der Waals surface area (Å²) in [6.07, 6.45) is -0.844. The molecular weight excluding hydrogens is 152 g/mol. The number of hydrogen-bond acceptors (Lipinski definition) is 3. The second-order valence-electron chi connectivity index (χ2n) is 0.891. The van der Waals surface area contributed by atoms with Crippen molar-refractivity contribution in [2.75, 3.05) is 0 Å². The summed E-state index contributed by atoms with van der Waals surface area (Å²) in [5, 5.41) is 7.72. The van der Waals surface area contributed by atoms with Crippen LogP contribution in [0.2, 0.25) is 0 Å². The molecule has 1 N–H and O–H groups in total. The summed E-state index contributed by atoms with van der Waals surface area (Å²) in [5.74, 6) is -0.961. The largest absolute Gasteiger partial charge is 2.00 e. The van der Waals surface area contributed by atoms with Crippen molar-refractivity contribution < 1.29 is 22.3 Å². The molecule has 0 radical (unpaired) electrons. The van der Waals surface area contributed by atoms with Gasteiger partial charge in [-0.1, -0.05) is 6.58 Å². The van der Waals surface area contributed by atoms with Crippen LogP contribution in [-0.4, -0.2) is 55.0 Å². The van der Waals surface area contributed by atoms with E-state index in [4.69, 9.17) is 5.11 Å². The second kappa shape index (κ2) is 6.07. The van der Waals surface area contributed by atoms with Gasteiger partial charge in [0.1, 0.15) is 0 Å². The fraction of sp³-hybridized carbons (Fsp3) is 0. The quantitative estimate of drug-likeness (QED) is 0.257. The maximum absolute atomic E-state index is 9.90. The van der Waals surface area contributed by atoms with Gasteiger partial charge in [-0.2, -0.15) is 0 Å². The predicted octanol–water partition coefficient (Wildman–Crippen LogP) is 0.238. The molecule has 0 aromatic heterocycles. The molecule has 9 heavy (non-hydrogen) atoms. The molecule has 0 aromatic carbocycles. The first-order valence-electron chi connectivity index (χ1n) is 1.74. The van der Waals surface area contributed by atoms with Gasteiger partial charge in [0.2, 0.25) is 0 Å². The van der Waals surface area contributed by atoms with Crippen LogP contribution in [0.3, 0.4) is 0 Å². The van der Waals surface area contributed by atoms with Crippen LogP contribution in [0, 0.1) is 0 Å². The Balaban J connectivity index is -0.0000000817. The third kappa shape index (κ3) is 7.94. The van der Waals surface area contributed by atoms with Crippen LogP contribution in [0.25, 0.3) is 0 Å². The van der Waals surface area contributed by atoms with Crippen molar-refractivity contribution >= 4 is 49.9 Å². The Morgan fingerprint density at radius 1 is 1.67 bits per heavy atom. The van der Waals surface area contributed by atoms with E-state index in [9.17, 15) is 9.59 Å². The Hall–Kier alpha value is -0.0603. The molecule has 5 heteroatoms. The second-order valence-corrected chi connectivity index (χ2v) is 0.891. The summed E-state index contributed by atoms with van der Waals surface area (Å²) >= 11 is 0. The van der Waals surface area contributed by atoms with E-state index in [-0.39, 0.29) is 40.6 Å². The zero-order valence-electron chi connectivity index (χ0n) is 6.66. The standard InChI is InChI=1S/C4H4O4.Ca.2H/c1-2-3(5)8-4(6)7;;;/h2H,1H2,(H,6,7);;;/q;+2;2*-1. The SMILES string of the molecule is C=CC(=O)OC(=O)O.[Ca+2].[H-].[H-]. The summed E-state index contributed by atoms with van der Waals surface area (Å²) < 4.78 is 3.56. The van der Waals surface area contributed by atoms with Crippen molar-refractivity contribution in [2.45, 2.75) is 0 Å². The van der Waals surface area contributed by atoms with E-state index < -0.39 is 12.1 Å². The Morgan fingerprint density at radius 3 is 2.22 bits per heavy atom. The van der Waals surface area contributed by atoms with E-state index in [0.29, 0.717) is 0 Å². The van der Waals surface area contributed by atoms with E-state index in [2.05, 4.69) is 11.3 Å². The first kappa shape index (κ1) is 11.7. The minimum Gasteiger partial charge on any atom is -1.00 e. The maximum atomic E-state index is 9.90. The number of carboxylic acid groups (broad SMARTS) is 1. The summed E-state index contributed by atoms with van der Waals surface area (Å²) in [6.45, 7) is 2.98. The van der Waals surface area contributed by atoms with Gasteiger partial charge in [0.25, 0.3) is 0 Å². The topological polar surface area (TPSA) is 63.6 Å². The first-order valence-corrected chi connectivity index (χ1v) is 1.74. The fourth-order valence-corrected chi connectivity index (χ4v) is 0.128. The number of esters is 1. The zero-order chi connectivity index (χ0) is 6.57. The van der Waals surface area contributed by atoms with Crippen molar-refractivity contribution in [1.29, 1.82) is 0 Å². The van der Waals surface area contributed by atoms with Gasteiger partial charge in [-0.15, -0.1) is 0 Å². The van der Waals surface area contributed by atoms with Gasteiger partial charge in [0, 0.05) is 6.08 Å². The molecule has 0 bridgehead atoms. The average Bonchev–Trinajstić information content (AvgIpc) is 1.65.